The molecule has 0 atom stereocenters. The summed E-state index contributed by atoms with van der Waals surface area (Å²) in [6, 6.07) is 1.98. The molecule has 0 aromatic carbocycles. The molecule has 5 nitrogen and oxygen atoms in total. The second-order valence-electron chi connectivity index (χ2n) is 4.02. The van der Waals surface area contributed by atoms with Gasteiger partial charge in [0.25, 0.3) is 5.91 Å². The molecule has 1 aromatic heterocycles. The molecule has 1 heterocycles. The highest BCUT2D eigenvalue weighted by atomic mass is 35.5. The average molecular weight is 255 g/mol. The Morgan fingerprint density at radius 2 is 2.41 bits per heavy atom. The third kappa shape index (κ3) is 2.50. The molecule has 1 saturated carbocycles. The van der Waals surface area contributed by atoms with Crippen LogP contribution in [-0.2, 0) is 0 Å². The first-order valence-corrected chi connectivity index (χ1v) is 5.98. The summed E-state index contributed by atoms with van der Waals surface area (Å²) in [6.45, 7) is 2.68. The van der Waals surface area contributed by atoms with E-state index in [0.717, 1.165) is 12.8 Å². The van der Waals surface area contributed by atoms with Crippen LogP contribution in [0.15, 0.2) is 12.3 Å². The number of rotatable bonds is 4. The number of hydrazine groups is 1. The summed E-state index contributed by atoms with van der Waals surface area (Å²) in [5.41, 5.74) is 2.87. The number of nitrogen functional groups attached to an aromatic ring is 1. The van der Waals surface area contributed by atoms with E-state index in [9.17, 15) is 4.79 Å². The van der Waals surface area contributed by atoms with E-state index in [4.69, 9.17) is 17.4 Å². The van der Waals surface area contributed by atoms with Crippen molar-refractivity contribution in [3.05, 3.63) is 22.8 Å². The van der Waals surface area contributed by atoms with Crippen molar-refractivity contribution in [1.29, 1.82) is 0 Å². The quantitative estimate of drug-likeness (QED) is 0.633. The largest absolute Gasteiger partial charge is 0.336 e. The number of halogens is 1. The third-order valence-electron chi connectivity index (χ3n) is 2.81. The first-order valence-electron chi connectivity index (χ1n) is 5.60. The summed E-state index contributed by atoms with van der Waals surface area (Å²) in [5, 5.41) is 0.352. The van der Waals surface area contributed by atoms with Gasteiger partial charge >= 0.3 is 0 Å². The molecule has 92 valence electrons. The Bertz CT molecular complexity index is 433. The maximum atomic E-state index is 12.2. The Morgan fingerprint density at radius 3 is 2.88 bits per heavy atom. The standard InChI is InChI=1S/C11H15ClN4O/c1-2-16(8-3-4-8)11(17)7-5-9(12)10(15-13)14-6-7/h5-6,8H,2-4,13H2,1H3,(H,14,15). The van der Waals surface area contributed by atoms with Crippen molar-refractivity contribution in [3.63, 3.8) is 0 Å². The van der Waals surface area contributed by atoms with E-state index in [1.165, 1.54) is 6.20 Å². The van der Waals surface area contributed by atoms with Gasteiger partial charge in [0.15, 0.2) is 5.82 Å². The van der Waals surface area contributed by atoms with Gasteiger partial charge in [0, 0.05) is 18.8 Å². The first-order chi connectivity index (χ1) is 8.17. The predicted molar refractivity (Wildman–Crippen MR) is 66.8 cm³/mol. The summed E-state index contributed by atoms with van der Waals surface area (Å²) in [6.07, 6.45) is 3.67. The lowest BCUT2D eigenvalue weighted by Crippen LogP contribution is -2.32. The summed E-state index contributed by atoms with van der Waals surface area (Å²) >= 11 is 5.94. The minimum absolute atomic E-state index is 0.0204. The average Bonchev–Trinajstić information content (AvgIpc) is 3.14. The van der Waals surface area contributed by atoms with Gasteiger partial charge in [0.05, 0.1) is 10.6 Å². The van der Waals surface area contributed by atoms with Crippen LogP contribution in [0.2, 0.25) is 5.02 Å². The van der Waals surface area contributed by atoms with Gasteiger partial charge in [0.1, 0.15) is 0 Å². The Kier molecular flexibility index (Phi) is 3.49. The van der Waals surface area contributed by atoms with Gasteiger partial charge < -0.3 is 10.3 Å². The summed E-state index contributed by atoms with van der Waals surface area (Å²) in [7, 11) is 0. The Labute approximate surface area is 105 Å². The van der Waals surface area contributed by atoms with Crippen molar-refractivity contribution in [2.45, 2.75) is 25.8 Å². The molecule has 1 aromatic rings. The molecule has 1 aliphatic rings. The lowest BCUT2D eigenvalue weighted by Gasteiger charge is -2.20. The summed E-state index contributed by atoms with van der Waals surface area (Å²) in [5.74, 6) is 5.58. The molecule has 0 bridgehead atoms. The summed E-state index contributed by atoms with van der Waals surface area (Å²) in [4.78, 5) is 18.0. The Balaban J connectivity index is 2.21. The normalized spacial score (nSPS) is 14.5. The van der Waals surface area contributed by atoms with Crippen molar-refractivity contribution in [1.82, 2.24) is 9.88 Å². The van der Waals surface area contributed by atoms with Crippen molar-refractivity contribution in [2.24, 2.45) is 5.84 Å². The van der Waals surface area contributed by atoms with Crippen LogP contribution in [0, 0.1) is 0 Å². The van der Waals surface area contributed by atoms with E-state index in [-0.39, 0.29) is 5.91 Å². The lowest BCUT2D eigenvalue weighted by atomic mass is 10.2. The maximum Gasteiger partial charge on any atom is 0.255 e. The Morgan fingerprint density at radius 1 is 1.71 bits per heavy atom. The van der Waals surface area contributed by atoms with Crippen LogP contribution in [0.1, 0.15) is 30.1 Å². The molecule has 2 rings (SSSR count). The van der Waals surface area contributed by atoms with Gasteiger partial charge in [-0.25, -0.2) is 10.8 Å². The third-order valence-corrected chi connectivity index (χ3v) is 3.10. The number of anilines is 1. The van der Waals surface area contributed by atoms with Crippen molar-refractivity contribution in [2.75, 3.05) is 12.0 Å². The smallest absolute Gasteiger partial charge is 0.255 e. The van der Waals surface area contributed by atoms with E-state index >= 15 is 0 Å². The topological polar surface area (TPSA) is 71.2 Å². The summed E-state index contributed by atoms with van der Waals surface area (Å²) < 4.78 is 0. The van der Waals surface area contributed by atoms with Gasteiger partial charge in [-0.1, -0.05) is 11.6 Å². The van der Waals surface area contributed by atoms with E-state index < -0.39 is 0 Å². The van der Waals surface area contributed by atoms with Gasteiger partial charge in [-0.15, -0.1) is 0 Å². The molecule has 0 aliphatic heterocycles. The fourth-order valence-electron chi connectivity index (χ4n) is 1.78. The maximum absolute atomic E-state index is 12.2. The number of aromatic nitrogens is 1. The first kappa shape index (κ1) is 12.1. The van der Waals surface area contributed by atoms with Crippen molar-refractivity contribution >= 4 is 23.3 Å². The number of carbonyl (C=O) groups excluding carboxylic acids is 1. The highest BCUT2D eigenvalue weighted by molar-refractivity contribution is 6.33. The Hall–Kier alpha value is -1.33. The molecule has 0 saturated heterocycles. The molecule has 1 fully saturated rings. The monoisotopic (exact) mass is 254 g/mol. The molecule has 3 N–H and O–H groups in total. The van der Waals surface area contributed by atoms with Gasteiger partial charge in [0.2, 0.25) is 0 Å². The van der Waals surface area contributed by atoms with Crippen LogP contribution in [0.3, 0.4) is 0 Å². The van der Waals surface area contributed by atoms with Crippen LogP contribution >= 0.6 is 11.6 Å². The zero-order valence-electron chi connectivity index (χ0n) is 9.61. The predicted octanol–water partition coefficient (Wildman–Crippen LogP) is 1.65. The van der Waals surface area contributed by atoms with Crippen molar-refractivity contribution < 1.29 is 4.79 Å². The fourth-order valence-corrected chi connectivity index (χ4v) is 2.00. The number of nitrogens with two attached hydrogens (primary N) is 1. The molecule has 0 radical (unpaired) electrons. The zero-order valence-corrected chi connectivity index (χ0v) is 10.4. The number of hydrogen-bond donors (Lipinski definition) is 2. The number of nitrogens with one attached hydrogen (secondary N) is 1. The highest BCUT2D eigenvalue weighted by Gasteiger charge is 2.32. The molecule has 0 spiro atoms. The van der Waals surface area contributed by atoms with E-state index in [1.54, 1.807) is 6.07 Å². The molecule has 1 amide bonds. The molecule has 0 unspecified atom stereocenters. The van der Waals surface area contributed by atoms with Crippen LogP contribution in [0.5, 0.6) is 0 Å². The fraction of sp³-hybridized carbons (Fsp3) is 0.455. The SMILES string of the molecule is CCN(C(=O)c1cnc(NN)c(Cl)c1)C1CC1. The number of amides is 1. The number of carbonyl (C=O) groups is 1. The van der Waals surface area contributed by atoms with Crippen LogP contribution < -0.4 is 11.3 Å². The molecule has 1 aliphatic carbocycles. The number of nitrogens with zero attached hydrogens (tertiary/aromatic N) is 2. The van der Waals surface area contributed by atoms with Gasteiger partial charge in [-0.05, 0) is 25.8 Å². The van der Waals surface area contributed by atoms with E-state index in [0.29, 0.717) is 29.0 Å². The number of pyridine rings is 1. The van der Waals surface area contributed by atoms with Crippen LogP contribution in [0.4, 0.5) is 5.82 Å². The number of hydrogen-bond acceptors (Lipinski definition) is 4. The second kappa shape index (κ2) is 4.89. The van der Waals surface area contributed by atoms with Gasteiger partial charge in [-0.3, -0.25) is 4.79 Å². The second-order valence-corrected chi connectivity index (χ2v) is 4.43. The lowest BCUT2D eigenvalue weighted by molar-refractivity contribution is 0.0752. The van der Waals surface area contributed by atoms with E-state index in [2.05, 4.69) is 10.4 Å². The van der Waals surface area contributed by atoms with Gasteiger partial charge in [-0.2, -0.15) is 0 Å². The minimum Gasteiger partial charge on any atom is -0.336 e. The molecule has 6 heteroatoms. The highest BCUT2D eigenvalue weighted by Crippen LogP contribution is 2.28. The molecular weight excluding hydrogens is 240 g/mol. The van der Waals surface area contributed by atoms with Crippen molar-refractivity contribution in [3.8, 4) is 0 Å². The minimum atomic E-state index is -0.0204. The van der Waals surface area contributed by atoms with Crippen LogP contribution in [0.25, 0.3) is 0 Å². The van der Waals surface area contributed by atoms with E-state index in [1.807, 2.05) is 11.8 Å². The molecule has 17 heavy (non-hydrogen) atoms. The zero-order chi connectivity index (χ0) is 12.4. The molecular formula is C11H15ClN4O. The van der Waals surface area contributed by atoms with Crippen LogP contribution in [-0.4, -0.2) is 28.4 Å².